The van der Waals surface area contributed by atoms with E-state index in [1.807, 2.05) is 0 Å². The predicted octanol–water partition coefficient (Wildman–Crippen LogP) is 1.92. The monoisotopic (exact) mass is 259 g/mol. The highest BCUT2D eigenvalue weighted by molar-refractivity contribution is 6.30. The van der Waals surface area contributed by atoms with Crippen LogP contribution in [0.3, 0.4) is 0 Å². The van der Waals surface area contributed by atoms with Crippen molar-refractivity contribution in [3.05, 3.63) is 28.5 Å². The molecule has 1 aromatic rings. The first-order chi connectivity index (χ1) is 7.99. The molecule has 1 heterocycles. The van der Waals surface area contributed by atoms with Gasteiger partial charge in [0.05, 0.1) is 10.9 Å². The summed E-state index contributed by atoms with van der Waals surface area (Å²) in [6.07, 6.45) is 0.352. The van der Waals surface area contributed by atoms with Gasteiger partial charge < -0.3 is 15.5 Å². The van der Waals surface area contributed by atoms with E-state index in [0.29, 0.717) is 18.5 Å². The Labute approximate surface area is 102 Å². The SMILES string of the molecule is O=C(O)C1CNC(c2cc(Cl)c(F)cc2O)C1. The van der Waals surface area contributed by atoms with Crippen molar-refractivity contribution in [2.24, 2.45) is 5.92 Å². The first-order valence-electron chi connectivity index (χ1n) is 5.13. The molecule has 0 radical (unpaired) electrons. The summed E-state index contributed by atoms with van der Waals surface area (Å²) >= 11 is 5.63. The summed E-state index contributed by atoms with van der Waals surface area (Å²) < 4.78 is 13.0. The second-order valence-corrected chi connectivity index (χ2v) is 4.46. The number of carboxylic acids is 1. The quantitative estimate of drug-likeness (QED) is 0.759. The first-order valence-corrected chi connectivity index (χ1v) is 5.51. The lowest BCUT2D eigenvalue weighted by Crippen LogP contribution is -2.17. The van der Waals surface area contributed by atoms with Crippen LogP contribution in [0, 0.1) is 11.7 Å². The average molecular weight is 260 g/mol. The molecule has 2 rings (SSSR count). The highest BCUT2D eigenvalue weighted by atomic mass is 35.5. The van der Waals surface area contributed by atoms with Gasteiger partial charge in [0.2, 0.25) is 0 Å². The van der Waals surface area contributed by atoms with E-state index in [-0.39, 0.29) is 16.8 Å². The van der Waals surface area contributed by atoms with Gasteiger partial charge in [0.15, 0.2) is 0 Å². The van der Waals surface area contributed by atoms with Crippen LogP contribution in [0.4, 0.5) is 4.39 Å². The largest absolute Gasteiger partial charge is 0.508 e. The number of aromatic hydroxyl groups is 1. The summed E-state index contributed by atoms with van der Waals surface area (Å²) in [6, 6.07) is 1.95. The summed E-state index contributed by atoms with van der Waals surface area (Å²) in [5.74, 6) is -2.29. The summed E-state index contributed by atoms with van der Waals surface area (Å²) in [7, 11) is 0. The molecule has 17 heavy (non-hydrogen) atoms. The Kier molecular flexibility index (Phi) is 3.22. The van der Waals surface area contributed by atoms with Gasteiger partial charge in [-0.05, 0) is 12.5 Å². The van der Waals surface area contributed by atoms with Crippen LogP contribution in [-0.4, -0.2) is 22.7 Å². The van der Waals surface area contributed by atoms with Crippen molar-refractivity contribution < 1.29 is 19.4 Å². The Morgan fingerprint density at radius 2 is 2.24 bits per heavy atom. The molecule has 0 spiro atoms. The number of aliphatic carboxylic acids is 1. The third-order valence-corrected chi connectivity index (χ3v) is 3.21. The Morgan fingerprint density at radius 1 is 1.53 bits per heavy atom. The zero-order valence-electron chi connectivity index (χ0n) is 8.78. The summed E-state index contributed by atoms with van der Waals surface area (Å²) in [5, 5.41) is 21.4. The standard InChI is InChI=1S/C11H11ClFNO3/c12-7-2-6(10(15)3-8(7)13)9-1-5(4-14-9)11(16)17/h2-3,5,9,14-15H,1,4H2,(H,16,17). The van der Waals surface area contributed by atoms with Gasteiger partial charge in [-0.3, -0.25) is 4.79 Å². The molecule has 1 aliphatic heterocycles. The number of nitrogens with one attached hydrogen (secondary N) is 1. The van der Waals surface area contributed by atoms with Crippen molar-refractivity contribution in [2.45, 2.75) is 12.5 Å². The van der Waals surface area contributed by atoms with E-state index < -0.39 is 17.7 Å². The maximum absolute atomic E-state index is 13.0. The minimum atomic E-state index is -0.882. The van der Waals surface area contributed by atoms with Gasteiger partial charge in [0.25, 0.3) is 0 Å². The Balaban J connectivity index is 2.24. The second-order valence-electron chi connectivity index (χ2n) is 4.06. The Hall–Kier alpha value is -1.33. The van der Waals surface area contributed by atoms with E-state index in [4.69, 9.17) is 16.7 Å². The van der Waals surface area contributed by atoms with Crippen molar-refractivity contribution in [1.29, 1.82) is 0 Å². The molecular weight excluding hydrogens is 249 g/mol. The van der Waals surface area contributed by atoms with Gasteiger partial charge in [-0.1, -0.05) is 11.6 Å². The van der Waals surface area contributed by atoms with Gasteiger partial charge in [0, 0.05) is 24.2 Å². The molecule has 6 heteroatoms. The van der Waals surface area contributed by atoms with Gasteiger partial charge in [-0.2, -0.15) is 0 Å². The van der Waals surface area contributed by atoms with Crippen LogP contribution < -0.4 is 5.32 Å². The number of carboxylic acid groups (broad SMARTS) is 1. The molecule has 4 nitrogen and oxygen atoms in total. The number of phenolic OH excluding ortho intramolecular Hbond substituents is 1. The van der Waals surface area contributed by atoms with Crippen LogP contribution in [0.2, 0.25) is 5.02 Å². The van der Waals surface area contributed by atoms with Crippen molar-refractivity contribution in [1.82, 2.24) is 5.32 Å². The zero-order chi connectivity index (χ0) is 12.6. The van der Waals surface area contributed by atoms with Gasteiger partial charge in [-0.15, -0.1) is 0 Å². The normalized spacial score (nSPS) is 23.9. The van der Waals surface area contributed by atoms with E-state index in [0.717, 1.165) is 6.07 Å². The maximum Gasteiger partial charge on any atom is 0.307 e. The average Bonchev–Trinajstić information content (AvgIpc) is 2.72. The smallest absolute Gasteiger partial charge is 0.307 e. The Bertz CT molecular complexity index is 466. The maximum atomic E-state index is 13.0. The Morgan fingerprint density at radius 3 is 2.82 bits per heavy atom. The van der Waals surface area contributed by atoms with E-state index in [9.17, 15) is 14.3 Å². The van der Waals surface area contributed by atoms with Crippen LogP contribution in [0.15, 0.2) is 12.1 Å². The van der Waals surface area contributed by atoms with Crippen molar-refractivity contribution >= 4 is 17.6 Å². The molecular formula is C11H11ClFNO3. The fourth-order valence-electron chi connectivity index (χ4n) is 1.99. The molecule has 1 fully saturated rings. The minimum Gasteiger partial charge on any atom is -0.508 e. The summed E-state index contributed by atoms with van der Waals surface area (Å²) in [4.78, 5) is 10.8. The molecule has 1 aromatic carbocycles. The summed E-state index contributed by atoms with van der Waals surface area (Å²) in [5.41, 5.74) is 0.431. The van der Waals surface area contributed by atoms with Gasteiger partial charge >= 0.3 is 5.97 Å². The third kappa shape index (κ3) is 2.35. The molecule has 2 unspecified atom stereocenters. The van der Waals surface area contributed by atoms with E-state index in [2.05, 4.69) is 5.32 Å². The van der Waals surface area contributed by atoms with Crippen LogP contribution >= 0.6 is 11.6 Å². The lowest BCUT2D eigenvalue weighted by molar-refractivity contribution is -0.141. The number of phenols is 1. The number of hydrogen-bond donors (Lipinski definition) is 3. The van der Waals surface area contributed by atoms with Crippen molar-refractivity contribution in [3.63, 3.8) is 0 Å². The molecule has 0 saturated carbocycles. The van der Waals surface area contributed by atoms with Gasteiger partial charge in [0.1, 0.15) is 11.6 Å². The molecule has 0 aromatic heterocycles. The van der Waals surface area contributed by atoms with Crippen molar-refractivity contribution in [3.8, 4) is 5.75 Å². The highest BCUT2D eigenvalue weighted by Crippen LogP contribution is 2.35. The third-order valence-electron chi connectivity index (χ3n) is 2.93. The lowest BCUT2D eigenvalue weighted by atomic mass is 9.99. The first kappa shape index (κ1) is 12.1. The van der Waals surface area contributed by atoms with E-state index >= 15 is 0 Å². The van der Waals surface area contributed by atoms with Gasteiger partial charge in [-0.25, -0.2) is 4.39 Å². The number of halogens is 2. The van der Waals surface area contributed by atoms with Crippen LogP contribution in [-0.2, 0) is 4.79 Å². The molecule has 0 aliphatic carbocycles. The second kappa shape index (κ2) is 4.50. The fourth-order valence-corrected chi connectivity index (χ4v) is 2.16. The minimum absolute atomic E-state index is 0.0848. The number of benzene rings is 1. The molecule has 3 N–H and O–H groups in total. The number of rotatable bonds is 2. The van der Waals surface area contributed by atoms with Crippen molar-refractivity contribution in [2.75, 3.05) is 6.54 Å². The summed E-state index contributed by atoms with van der Waals surface area (Å²) in [6.45, 7) is 0.328. The number of carbonyl (C=O) groups is 1. The molecule has 92 valence electrons. The topological polar surface area (TPSA) is 69.6 Å². The zero-order valence-corrected chi connectivity index (χ0v) is 9.54. The highest BCUT2D eigenvalue weighted by Gasteiger charge is 2.31. The van der Waals surface area contributed by atoms with E-state index in [1.54, 1.807) is 0 Å². The lowest BCUT2D eigenvalue weighted by Gasteiger charge is -2.13. The van der Waals surface area contributed by atoms with Crippen LogP contribution in [0.1, 0.15) is 18.0 Å². The molecule has 1 aliphatic rings. The number of hydrogen-bond acceptors (Lipinski definition) is 3. The van der Waals surface area contributed by atoms with Crippen LogP contribution in [0.5, 0.6) is 5.75 Å². The fraction of sp³-hybridized carbons (Fsp3) is 0.364. The molecule has 0 amide bonds. The van der Waals surface area contributed by atoms with E-state index in [1.165, 1.54) is 6.07 Å². The molecule has 2 atom stereocenters. The molecule has 1 saturated heterocycles. The molecule has 0 bridgehead atoms. The van der Waals surface area contributed by atoms with Crippen LogP contribution in [0.25, 0.3) is 0 Å². The predicted molar refractivity (Wildman–Crippen MR) is 59.6 cm³/mol.